The van der Waals surface area contributed by atoms with Crippen LogP contribution in [-0.4, -0.2) is 24.0 Å². The monoisotopic (exact) mass is 241 g/mol. The van der Waals surface area contributed by atoms with Crippen LogP contribution in [0, 0.1) is 5.92 Å². The number of rotatable bonds is 2. The minimum Gasteiger partial charge on any atom is -0.300 e. The first-order valence-electron chi connectivity index (χ1n) is 7.15. The SMILES string of the molecule is C=Cc1ccc(C2CC3CCC(C2C)N3C)cc1. The van der Waals surface area contributed by atoms with Crippen molar-refractivity contribution < 1.29 is 0 Å². The second-order valence-corrected chi connectivity index (χ2v) is 6.04. The Hall–Kier alpha value is -1.08. The average Bonchev–Trinajstić information content (AvgIpc) is 2.66. The Balaban J connectivity index is 1.86. The van der Waals surface area contributed by atoms with Crippen molar-refractivity contribution in [3.63, 3.8) is 0 Å². The fraction of sp³-hybridized carbons (Fsp3) is 0.529. The van der Waals surface area contributed by atoms with E-state index in [-0.39, 0.29) is 0 Å². The first kappa shape index (κ1) is 12.0. The molecular weight excluding hydrogens is 218 g/mol. The molecule has 2 aliphatic rings. The molecule has 4 atom stereocenters. The molecule has 0 radical (unpaired) electrons. The topological polar surface area (TPSA) is 3.24 Å². The minimum absolute atomic E-state index is 0.748. The molecule has 1 aromatic carbocycles. The number of hydrogen-bond acceptors (Lipinski definition) is 1. The van der Waals surface area contributed by atoms with E-state index in [1.165, 1.54) is 30.4 Å². The molecule has 0 N–H and O–H groups in total. The largest absolute Gasteiger partial charge is 0.300 e. The van der Waals surface area contributed by atoms with E-state index in [2.05, 4.69) is 49.7 Å². The molecule has 1 aromatic rings. The van der Waals surface area contributed by atoms with Crippen LogP contribution in [0.4, 0.5) is 0 Å². The third-order valence-corrected chi connectivity index (χ3v) is 5.26. The van der Waals surface area contributed by atoms with Crippen LogP contribution in [0.25, 0.3) is 6.08 Å². The van der Waals surface area contributed by atoms with E-state index >= 15 is 0 Å². The van der Waals surface area contributed by atoms with Crippen LogP contribution in [0.3, 0.4) is 0 Å². The van der Waals surface area contributed by atoms with Gasteiger partial charge in [0.15, 0.2) is 0 Å². The predicted octanol–water partition coefficient (Wildman–Crippen LogP) is 3.92. The smallest absolute Gasteiger partial charge is 0.0127 e. The van der Waals surface area contributed by atoms with Gasteiger partial charge in [0.25, 0.3) is 0 Å². The summed E-state index contributed by atoms with van der Waals surface area (Å²) in [5, 5.41) is 0. The van der Waals surface area contributed by atoms with Gasteiger partial charge in [0.1, 0.15) is 0 Å². The molecule has 1 heteroatoms. The van der Waals surface area contributed by atoms with Crippen molar-refractivity contribution in [3.05, 3.63) is 42.0 Å². The van der Waals surface area contributed by atoms with Crippen molar-refractivity contribution in [2.24, 2.45) is 5.92 Å². The van der Waals surface area contributed by atoms with E-state index in [4.69, 9.17) is 0 Å². The molecule has 2 heterocycles. The van der Waals surface area contributed by atoms with Crippen LogP contribution < -0.4 is 0 Å². The van der Waals surface area contributed by atoms with Gasteiger partial charge in [-0.05, 0) is 49.3 Å². The Morgan fingerprint density at radius 2 is 1.94 bits per heavy atom. The lowest BCUT2D eigenvalue weighted by Gasteiger charge is -2.41. The zero-order chi connectivity index (χ0) is 12.7. The van der Waals surface area contributed by atoms with E-state index in [1.54, 1.807) is 0 Å². The molecule has 3 rings (SSSR count). The van der Waals surface area contributed by atoms with Crippen LogP contribution in [0.1, 0.15) is 43.2 Å². The molecule has 0 spiro atoms. The lowest BCUT2D eigenvalue weighted by atomic mass is 9.77. The summed E-state index contributed by atoms with van der Waals surface area (Å²) in [6.07, 6.45) is 6.05. The van der Waals surface area contributed by atoms with Gasteiger partial charge in [-0.25, -0.2) is 0 Å². The summed E-state index contributed by atoms with van der Waals surface area (Å²) in [4.78, 5) is 2.62. The maximum Gasteiger partial charge on any atom is 0.0127 e. The molecule has 2 fully saturated rings. The number of piperidine rings is 1. The first-order chi connectivity index (χ1) is 8.70. The molecule has 0 saturated carbocycles. The van der Waals surface area contributed by atoms with E-state index in [0.717, 1.165) is 23.9 Å². The van der Waals surface area contributed by atoms with Gasteiger partial charge < -0.3 is 4.90 Å². The Morgan fingerprint density at radius 3 is 2.61 bits per heavy atom. The fourth-order valence-corrected chi connectivity index (χ4v) is 4.05. The predicted molar refractivity (Wildman–Crippen MR) is 77.6 cm³/mol. The van der Waals surface area contributed by atoms with Crippen LogP contribution in [0.2, 0.25) is 0 Å². The van der Waals surface area contributed by atoms with Gasteiger partial charge >= 0.3 is 0 Å². The van der Waals surface area contributed by atoms with Crippen LogP contribution in [0.5, 0.6) is 0 Å². The molecule has 2 aliphatic heterocycles. The summed E-state index contributed by atoms with van der Waals surface area (Å²) in [7, 11) is 2.32. The summed E-state index contributed by atoms with van der Waals surface area (Å²) in [5.74, 6) is 1.53. The second kappa shape index (κ2) is 4.55. The Labute approximate surface area is 111 Å². The molecular formula is C17H23N. The van der Waals surface area contributed by atoms with Gasteiger partial charge in [-0.2, -0.15) is 0 Å². The maximum absolute atomic E-state index is 3.83. The molecule has 2 saturated heterocycles. The van der Waals surface area contributed by atoms with Gasteiger partial charge in [0, 0.05) is 12.1 Å². The zero-order valence-corrected chi connectivity index (χ0v) is 11.5. The zero-order valence-electron chi connectivity index (χ0n) is 11.5. The highest BCUT2D eigenvalue weighted by atomic mass is 15.2. The number of nitrogens with zero attached hydrogens (tertiary/aromatic N) is 1. The van der Waals surface area contributed by atoms with E-state index in [1.807, 2.05) is 6.08 Å². The highest BCUT2D eigenvalue weighted by molar-refractivity contribution is 5.47. The number of benzene rings is 1. The Bertz CT molecular complexity index is 433. The summed E-state index contributed by atoms with van der Waals surface area (Å²) >= 11 is 0. The lowest BCUT2D eigenvalue weighted by molar-refractivity contribution is 0.110. The summed E-state index contributed by atoms with van der Waals surface area (Å²) < 4.78 is 0. The third-order valence-electron chi connectivity index (χ3n) is 5.26. The van der Waals surface area contributed by atoms with Crippen molar-refractivity contribution in [2.45, 2.75) is 44.2 Å². The van der Waals surface area contributed by atoms with Gasteiger partial charge in [-0.1, -0.05) is 43.8 Å². The summed E-state index contributed by atoms with van der Waals surface area (Å²) in [6.45, 7) is 6.26. The van der Waals surface area contributed by atoms with E-state index in [9.17, 15) is 0 Å². The molecule has 18 heavy (non-hydrogen) atoms. The highest BCUT2D eigenvalue weighted by Gasteiger charge is 2.43. The van der Waals surface area contributed by atoms with Gasteiger partial charge in [0.2, 0.25) is 0 Å². The molecule has 0 amide bonds. The Morgan fingerprint density at radius 1 is 1.22 bits per heavy atom. The normalized spacial score (nSPS) is 35.7. The molecule has 2 bridgehead atoms. The molecule has 4 unspecified atom stereocenters. The van der Waals surface area contributed by atoms with Gasteiger partial charge in [-0.15, -0.1) is 0 Å². The van der Waals surface area contributed by atoms with Crippen molar-refractivity contribution in [1.82, 2.24) is 4.90 Å². The van der Waals surface area contributed by atoms with Gasteiger partial charge in [-0.3, -0.25) is 0 Å². The average molecular weight is 241 g/mol. The van der Waals surface area contributed by atoms with Crippen molar-refractivity contribution in [2.75, 3.05) is 7.05 Å². The van der Waals surface area contributed by atoms with E-state index in [0.29, 0.717) is 0 Å². The maximum atomic E-state index is 3.83. The summed E-state index contributed by atoms with van der Waals surface area (Å²) in [6, 6.07) is 10.6. The van der Waals surface area contributed by atoms with Crippen molar-refractivity contribution >= 4 is 6.08 Å². The van der Waals surface area contributed by atoms with Crippen molar-refractivity contribution in [1.29, 1.82) is 0 Å². The van der Waals surface area contributed by atoms with Crippen LogP contribution in [-0.2, 0) is 0 Å². The summed E-state index contributed by atoms with van der Waals surface area (Å²) in [5.41, 5.74) is 2.75. The number of fused-ring (bicyclic) bond motifs is 2. The number of hydrogen-bond donors (Lipinski definition) is 0. The lowest BCUT2D eigenvalue weighted by Crippen LogP contribution is -2.44. The van der Waals surface area contributed by atoms with Crippen LogP contribution >= 0.6 is 0 Å². The Kier molecular flexibility index (Phi) is 3.03. The fourth-order valence-electron chi connectivity index (χ4n) is 4.05. The van der Waals surface area contributed by atoms with Crippen molar-refractivity contribution in [3.8, 4) is 0 Å². The molecule has 0 aliphatic carbocycles. The minimum atomic E-state index is 0.748. The molecule has 96 valence electrons. The van der Waals surface area contributed by atoms with E-state index < -0.39 is 0 Å². The molecule has 0 aromatic heterocycles. The standard InChI is InChI=1S/C17H23N/c1-4-13-5-7-14(8-6-13)16-11-15-9-10-17(12(16)2)18(15)3/h4-8,12,15-17H,1,9-11H2,2-3H3. The third kappa shape index (κ3) is 1.81. The second-order valence-electron chi connectivity index (χ2n) is 6.04. The first-order valence-corrected chi connectivity index (χ1v) is 7.15. The molecule has 1 nitrogen and oxygen atoms in total. The van der Waals surface area contributed by atoms with Crippen LogP contribution in [0.15, 0.2) is 30.8 Å². The quantitative estimate of drug-likeness (QED) is 0.758. The highest BCUT2D eigenvalue weighted by Crippen LogP contribution is 2.45. The van der Waals surface area contributed by atoms with Gasteiger partial charge in [0.05, 0.1) is 0 Å².